The van der Waals surface area contributed by atoms with Crippen molar-refractivity contribution >= 4 is 27.3 Å². The third-order valence-electron chi connectivity index (χ3n) is 3.40. The van der Waals surface area contributed by atoms with Crippen LogP contribution in [-0.4, -0.2) is 27.5 Å². The van der Waals surface area contributed by atoms with E-state index in [2.05, 4.69) is 4.72 Å². The van der Waals surface area contributed by atoms with E-state index in [0.29, 0.717) is 0 Å². The molecular weight excluding hydrogens is 463 g/mol. The van der Waals surface area contributed by atoms with Gasteiger partial charge < -0.3 is 28.7 Å². The summed E-state index contributed by atoms with van der Waals surface area (Å²) in [7, 11) is -0.723. The van der Waals surface area contributed by atoms with Gasteiger partial charge >= 0.3 is 5.97 Å². The summed E-state index contributed by atoms with van der Waals surface area (Å²) in [5, 5.41) is 1.87. The van der Waals surface area contributed by atoms with Gasteiger partial charge in [-0.25, -0.2) is 8.42 Å². The average Bonchev–Trinajstić information content (AvgIpc) is 2.91. The van der Waals surface area contributed by atoms with Gasteiger partial charge in [-0.15, -0.1) is 0 Å². The highest BCUT2D eigenvalue weighted by atomic mass is 127. The standard InChI is InChI=1S/C15H19N2O4S2.HI/c1-11-4-6-13(7-5-11)23(19,20)16-14(15(18)21-3)8-12-9-22-10-17(12)2;/h4-7,9-10,14,16H,8H2,1-3H3;1H/q+1;/p-1/t14-;/m0./s1. The summed E-state index contributed by atoms with van der Waals surface area (Å²) in [5.41, 5.74) is 3.67. The van der Waals surface area contributed by atoms with Gasteiger partial charge in [-0.3, -0.25) is 4.79 Å². The van der Waals surface area contributed by atoms with Gasteiger partial charge in [-0.05, 0) is 19.1 Å². The van der Waals surface area contributed by atoms with Gasteiger partial charge in [0.25, 0.3) is 0 Å². The third kappa shape index (κ3) is 5.23. The number of hydrogen-bond donors (Lipinski definition) is 1. The molecule has 0 unspecified atom stereocenters. The van der Waals surface area contributed by atoms with E-state index in [1.54, 1.807) is 12.1 Å². The van der Waals surface area contributed by atoms with Gasteiger partial charge in [-0.2, -0.15) is 9.29 Å². The Balaban J connectivity index is 0.00000288. The smallest absolute Gasteiger partial charge is 0.324 e. The second-order valence-corrected chi connectivity index (χ2v) is 7.61. The van der Waals surface area contributed by atoms with Crippen LogP contribution < -0.4 is 33.3 Å². The second-order valence-electron chi connectivity index (χ2n) is 5.18. The van der Waals surface area contributed by atoms with Crippen LogP contribution in [0.4, 0.5) is 0 Å². The van der Waals surface area contributed by atoms with Crippen LogP contribution in [0.25, 0.3) is 0 Å². The number of carbonyl (C=O) groups excluding carboxylic acids is 1. The summed E-state index contributed by atoms with van der Waals surface area (Å²) in [4.78, 5) is 12.1. The number of aryl methyl sites for hydroxylation is 2. The van der Waals surface area contributed by atoms with E-state index in [1.165, 1.54) is 30.6 Å². The van der Waals surface area contributed by atoms with Crippen LogP contribution in [0, 0.1) is 6.92 Å². The first-order chi connectivity index (χ1) is 10.8. The monoisotopic (exact) mass is 482 g/mol. The zero-order valence-electron chi connectivity index (χ0n) is 13.5. The minimum Gasteiger partial charge on any atom is -1.00 e. The van der Waals surface area contributed by atoms with Crippen molar-refractivity contribution in [3.63, 3.8) is 0 Å². The normalized spacial score (nSPS) is 12.3. The second kappa shape index (κ2) is 8.88. The van der Waals surface area contributed by atoms with Crippen LogP contribution in [0.1, 0.15) is 11.3 Å². The Morgan fingerprint density at radius 1 is 1.33 bits per heavy atom. The van der Waals surface area contributed by atoms with E-state index in [-0.39, 0.29) is 35.3 Å². The molecule has 0 fully saturated rings. The first-order valence-electron chi connectivity index (χ1n) is 6.91. The van der Waals surface area contributed by atoms with Gasteiger partial charge in [0.1, 0.15) is 13.1 Å². The van der Waals surface area contributed by atoms with Crippen molar-refractivity contribution in [3.05, 3.63) is 46.4 Å². The molecule has 0 amide bonds. The van der Waals surface area contributed by atoms with Crippen molar-refractivity contribution in [1.82, 2.24) is 4.72 Å². The molecule has 0 bridgehead atoms. The van der Waals surface area contributed by atoms with E-state index < -0.39 is 22.0 Å². The predicted octanol–water partition coefficient (Wildman–Crippen LogP) is -2.05. The van der Waals surface area contributed by atoms with Crippen molar-refractivity contribution in [2.24, 2.45) is 7.05 Å². The molecule has 2 aromatic rings. The number of esters is 1. The fraction of sp³-hybridized carbons (Fsp3) is 0.333. The molecule has 0 aliphatic rings. The molecule has 1 N–H and O–H groups in total. The maximum atomic E-state index is 12.5. The van der Waals surface area contributed by atoms with Crippen LogP contribution in [0.3, 0.4) is 0 Å². The van der Waals surface area contributed by atoms with Crippen LogP contribution in [0.5, 0.6) is 0 Å². The number of hydrogen-bond acceptors (Lipinski definition) is 5. The number of halogens is 1. The van der Waals surface area contributed by atoms with Crippen molar-refractivity contribution in [3.8, 4) is 0 Å². The van der Waals surface area contributed by atoms with Crippen molar-refractivity contribution < 1.29 is 46.5 Å². The zero-order chi connectivity index (χ0) is 17.0. The molecular formula is C15H19IN2O4S2. The van der Waals surface area contributed by atoms with E-state index in [0.717, 1.165) is 11.3 Å². The zero-order valence-corrected chi connectivity index (χ0v) is 17.3. The molecule has 132 valence electrons. The molecule has 1 heterocycles. The SMILES string of the molecule is COC(=O)[C@H](Cc1csc[n+]1C)NS(=O)(=O)c1ccc(C)cc1.[I-]. The molecule has 2 rings (SSSR count). The van der Waals surface area contributed by atoms with Gasteiger partial charge in [0, 0.05) is 0 Å². The number of nitrogens with zero attached hydrogens (tertiary/aromatic N) is 1. The molecule has 24 heavy (non-hydrogen) atoms. The fourth-order valence-electron chi connectivity index (χ4n) is 2.04. The van der Waals surface area contributed by atoms with Gasteiger partial charge in [0.15, 0.2) is 5.69 Å². The van der Waals surface area contributed by atoms with Crippen LogP contribution in [0.2, 0.25) is 0 Å². The van der Waals surface area contributed by atoms with E-state index in [4.69, 9.17) is 4.74 Å². The highest BCUT2D eigenvalue weighted by Gasteiger charge is 2.29. The first-order valence-corrected chi connectivity index (χ1v) is 9.33. The minimum atomic E-state index is -3.80. The molecule has 0 spiro atoms. The lowest BCUT2D eigenvalue weighted by Crippen LogP contribution is -3.00. The summed E-state index contributed by atoms with van der Waals surface area (Å²) in [5.74, 6) is -0.619. The number of ether oxygens (including phenoxy) is 1. The van der Waals surface area contributed by atoms with Crippen LogP contribution in [-0.2, 0) is 33.0 Å². The van der Waals surface area contributed by atoms with Crippen molar-refractivity contribution in [2.75, 3.05) is 7.11 Å². The van der Waals surface area contributed by atoms with Gasteiger partial charge in [-0.1, -0.05) is 29.0 Å². The van der Waals surface area contributed by atoms with E-state index in [1.807, 2.05) is 29.4 Å². The molecule has 1 atom stereocenters. The summed E-state index contributed by atoms with van der Waals surface area (Å²) < 4.78 is 33.9. The summed E-state index contributed by atoms with van der Waals surface area (Å²) in [6, 6.07) is 5.46. The number of nitrogens with one attached hydrogen (secondary N) is 1. The molecule has 1 aromatic carbocycles. The lowest BCUT2D eigenvalue weighted by Gasteiger charge is -2.15. The van der Waals surface area contributed by atoms with E-state index >= 15 is 0 Å². The molecule has 0 saturated carbocycles. The van der Waals surface area contributed by atoms with Crippen molar-refractivity contribution in [1.29, 1.82) is 0 Å². The molecule has 1 aromatic heterocycles. The molecule has 6 nitrogen and oxygen atoms in total. The molecule has 0 aliphatic carbocycles. The Bertz CT molecular complexity index is 788. The molecule has 0 aliphatic heterocycles. The summed E-state index contributed by atoms with van der Waals surface area (Å²) >= 11 is 1.48. The minimum absolute atomic E-state index is 0. The number of carbonyl (C=O) groups is 1. The number of aromatic nitrogens is 1. The largest absolute Gasteiger partial charge is 1.00 e. The number of benzene rings is 1. The number of sulfonamides is 1. The number of rotatable bonds is 6. The Morgan fingerprint density at radius 2 is 1.96 bits per heavy atom. The number of thiazole rings is 1. The Kier molecular flexibility index (Phi) is 7.77. The highest BCUT2D eigenvalue weighted by molar-refractivity contribution is 7.89. The van der Waals surface area contributed by atoms with Gasteiger partial charge in [0.2, 0.25) is 15.5 Å². The summed E-state index contributed by atoms with van der Waals surface area (Å²) in [6.07, 6.45) is 0.220. The average molecular weight is 482 g/mol. The lowest BCUT2D eigenvalue weighted by molar-refractivity contribution is -0.674. The Hall–Kier alpha value is -1.04. The highest BCUT2D eigenvalue weighted by Crippen LogP contribution is 2.12. The fourth-order valence-corrected chi connectivity index (χ4v) is 4.02. The Labute approximate surface area is 162 Å². The maximum absolute atomic E-state index is 12.5. The first kappa shape index (κ1) is 21.0. The van der Waals surface area contributed by atoms with E-state index in [9.17, 15) is 13.2 Å². The summed E-state index contributed by atoms with van der Waals surface area (Å²) in [6.45, 7) is 1.87. The predicted molar refractivity (Wildman–Crippen MR) is 86.5 cm³/mol. The lowest BCUT2D eigenvalue weighted by atomic mass is 10.2. The van der Waals surface area contributed by atoms with Crippen molar-refractivity contribution in [2.45, 2.75) is 24.3 Å². The topological polar surface area (TPSA) is 76.3 Å². The maximum Gasteiger partial charge on any atom is 0.324 e. The van der Waals surface area contributed by atoms with Crippen LogP contribution in [0.15, 0.2) is 40.1 Å². The molecule has 9 heteroatoms. The quantitative estimate of drug-likeness (QED) is 0.292. The Morgan fingerprint density at radius 3 is 2.46 bits per heavy atom. The van der Waals surface area contributed by atoms with Crippen LogP contribution >= 0.6 is 11.3 Å². The van der Waals surface area contributed by atoms with Gasteiger partial charge in [0.05, 0.1) is 23.8 Å². The number of methoxy groups -OCH3 is 1. The molecule has 0 radical (unpaired) electrons. The third-order valence-corrected chi connectivity index (χ3v) is 5.74. The molecule has 0 saturated heterocycles.